The Bertz CT molecular complexity index is 530. The van der Waals surface area contributed by atoms with Gasteiger partial charge in [0.2, 0.25) is 0 Å². The molecule has 1 aromatic carbocycles. The first-order valence-electron chi connectivity index (χ1n) is 5.62. The predicted octanol–water partition coefficient (Wildman–Crippen LogP) is 2.66. The molecule has 2 unspecified atom stereocenters. The number of benzene rings is 1. The van der Waals surface area contributed by atoms with Crippen LogP contribution in [0.2, 0.25) is 5.02 Å². The zero-order valence-corrected chi connectivity index (χ0v) is 10.4. The molecule has 2 aromatic rings. The highest BCUT2D eigenvalue weighted by molar-refractivity contribution is 6.35. The van der Waals surface area contributed by atoms with Gasteiger partial charge in [0.25, 0.3) is 0 Å². The molecule has 4 heteroatoms. The average Bonchev–Trinajstić information content (AvgIpc) is 2.38. The van der Waals surface area contributed by atoms with Gasteiger partial charge in [-0.15, -0.1) is 0 Å². The van der Waals surface area contributed by atoms with Crippen LogP contribution in [-0.2, 0) is 0 Å². The number of nitrogens with two attached hydrogens (primary N) is 1. The molecule has 0 aliphatic rings. The summed E-state index contributed by atoms with van der Waals surface area (Å²) in [6.45, 7) is 1.94. The Kier molecular flexibility index (Phi) is 3.62. The lowest BCUT2D eigenvalue weighted by Crippen LogP contribution is -2.27. The van der Waals surface area contributed by atoms with Gasteiger partial charge in [0.05, 0.1) is 11.6 Å². The van der Waals surface area contributed by atoms with Crippen molar-refractivity contribution < 1.29 is 5.11 Å². The van der Waals surface area contributed by atoms with Gasteiger partial charge in [0.15, 0.2) is 0 Å². The number of aromatic nitrogens is 1. The van der Waals surface area contributed by atoms with E-state index in [0.717, 1.165) is 16.5 Å². The first-order valence-corrected chi connectivity index (χ1v) is 5.99. The highest BCUT2D eigenvalue weighted by Crippen LogP contribution is 2.29. The van der Waals surface area contributed by atoms with Crippen LogP contribution in [0.25, 0.3) is 10.9 Å². The zero-order valence-electron chi connectivity index (χ0n) is 9.60. The van der Waals surface area contributed by atoms with Gasteiger partial charge < -0.3 is 10.8 Å². The van der Waals surface area contributed by atoms with E-state index in [1.165, 1.54) is 0 Å². The molecule has 0 amide bonds. The molecular weight excluding hydrogens is 236 g/mol. The summed E-state index contributed by atoms with van der Waals surface area (Å²) in [4.78, 5) is 4.28. The van der Waals surface area contributed by atoms with Crippen LogP contribution < -0.4 is 5.73 Å². The Balaban J connectivity index is 2.59. The second kappa shape index (κ2) is 5.00. The summed E-state index contributed by atoms with van der Waals surface area (Å²) >= 11 is 6.09. The summed E-state index contributed by atoms with van der Waals surface area (Å²) in [6, 6.07) is 6.98. The molecule has 0 saturated carbocycles. The maximum absolute atomic E-state index is 10.2. The summed E-state index contributed by atoms with van der Waals surface area (Å²) in [5.74, 6) is 0. The molecule has 0 bridgehead atoms. The van der Waals surface area contributed by atoms with Crippen molar-refractivity contribution in [1.82, 2.24) is 4.98 Å². The van der Waals surface area contributed by atoms with Crippen molar-refractivity contribution in [3.63, 3.8) is 0 Å². The Labute approximate surface area is 105 Å². The minimum Gasteiger partial charge on any atom is -0.387 e. The highest BCUT2D eigenvalue weighted by Gasteiger charge is 2.18. The predicted molar refractivity (Wildman–Crippen MR) is 70.0 cm³/mol. The number of rotatable bonds is 3. The van der Waals surface area contributed by atoms with Crippen molar-refractivity contribution in [2.75, 3.05) is 0 Å². The summed E-state index contributed by atoms with van der Waals surface area (Å²) in [5, 5.41) is 11.6. The van der Waals surface area contributed by atoms with Crippen LogP contribution in [0.1, 0.15) is 25.0 Å². The maximum atomic E-state index is 10.2. The van der Waals surface area contributed by atoms with Crippen molar-refractivity contribution >= 4 is 22.5 Å². The molecule has 90 valence electrons. The Hall–Kier alpha value is -1.16. The van der Waals surface area contributed by atoms with E-state index in [1.54, 1.807) is 18.3 Å². The van der Waals surface area contributed by atoms with Gasteiger partial charge in [-0.05, 0) is 24.6 Å². The lowest BCUT2D eigenvalue weighted by molar-refractivity contribution is 0.145. The van der Waals surface area contributed by atoms with Crippen molar-refractivity contribution in [3.05, 3.63) is 41.0 Å². The molecule has 0 aliphatic carbocycles. The van der Waals surface area contributed by atoms with E-state index in [4.69, 9.17) is 17.3 Å². The number of pyridine rings is 1. The molecule has 0 saturated heterocycles. The number of hydrogen-bond acceptors (Lipinski definition) is 3. The monoisotopic (exact) mass is 250 g/mol. The van der Waals surface area contributed by atoms with E-state index in [0.29, 0.717) is 11.4 Å². The number of aliphatic hydroxyl groups is 1. The third-order valence-electron chi connectivity index (χ3n) is 2.94. The molecule has 1 heterocycles. The minimum atomic E-state index is -0.713. The summed E-state index contributed by atoms with van der Waals surface area (Å²) in [6.07, 6.45) is 1.68. The van der Waals surface area contributed by atoms with Gasteiger partial charge in [-0.3, -0.25) is 4.98 Å². The smallest absolute Gasteiger partial charge is 0.0961 e. The van der Waals surface area contributed by atoms with Crippen LogP contribution in [0, 0.1) is 0 Å². The number of nitrogens with zero attached hydrogens (tertiary/aromatic N) is 1. The van der Waals surface area contributed by atoms with Gasteiger partial charge in [0, 0.05) is 28.2 Å². The van der Waals surface area contributed by atoms with E-state index in [-0.39, 0.29) is 6.04 Å². The molecule has 0 fully saturated rings. The molecule has 0 aliphatic heterocycles. The van der Waals surface area contributed by atoms with Crippen molar-refractivity contribution in [2.24, 2.45) is 5.73 Å². The highest BCUT2D eigenvalue weighted by atomic mass is 35.5. The van der Waals surface area contributed by atoms with Gasteiger partial charge in [0.1, 0.15) is 0 Å². The van der Waals surface area contributed by atoms with Crippen LogP contribution in [0.5, 0.6) is 0 Å². The molecule has 17 heavy (non-hydrogen) atoms. The number of halogens is 1. The van der Waals surface area contributed by atoms with Crippen LogP contribution >= 0.6 is 11.6 Å². The van der Waals surface area contributed by atoms with Crippen LogP contribution in [0.3, 0.4) is 0 Å². The molecule has 3 nitrogen and oxygen atoms in total. The topological polar surface area (TPSA) is 59.1 Å². The van der Waals surface area contributed by atoms with E-state index in [9.17, 15) is 5.11 Å². The summed E-state index contributed by atoms with van der Waals surface area (Å²) < 4.78 is 0. The molecule has 3 N–H and O–H groups in total. The number of fused-ring (bicyclic) bond motifs is 1. The second-order valence-electron chi connectivity index (χ2n) is 4.05. The fourth-order valence-electron chi connectivity index (χ4n) is 1.85. The zero-order chi connectivity index (χ0) is 12.4. The van der Waals surface area contributed by atoms with E-state index < -0.39 is 6.10 Å². The summed E-state index contributed by atoms with van der Waals surface area (Å²) in [7, 11) is 0. The van der Waals surface area contributed by atoms with Gasteiger partial charge in [-0.2, -0.15) is 0 Å². The van der Waals surface area contributed by atoms with E-state index >= 15 is 0 Å². The lowest BCUT2D eigenvalue weighted by Gasteiger charge is -2.19. The third kappa shape index (κ3) is 2.27. The van der Waals surface area contributed by atoms with Crippen LogP contribution in [0.15, 0.2) is 30.5 Å². The molecule has 2 atom stereocenters. The summed E-state index contributed by atoms with van der Waals surface area (Å²) in [5.41, 5.74) is 7.32. The number of aliphatic hydroxyl groups excluding tert-OH is 1. The first kappa shape index (κ1) is 12.3. The van der Waals surface area contributed by atoms with Gasteiger partial charge >= 0.3 is 0 Å². The molecule has 0 spiro atoms. The molecular formula is C13H15ClN2O. The fraction of sp³-hybridized carbons (Fsp3) is 0.308. The molecule has 0 radical (unpaired) electrons. The van der Waals surface area contributed by atoms with Crippen LogP contribution in [-0.4, -0.2) is 16.1 Å². The van der Waals surface area contributed by atoms with Crippen molar-refractivity contribution in [2.45, 2.75) is 25.5 Å². The Morgan fingerprint density at radius 2 is 2.18 bits per heavy atom. The molecule has 2 rings (SSSR count). The normalized spacial score (nSPS) is 14.8. The standard InChI is InChI=1S/C13H15ClN2O/c1-2-11(15)13(17)9-5-6-10(14)8-4-3-7-16-12(8)9/h3-7,11,13,17H,2,15H2,1H3. The maximum Gasteiger partial charge on any atom is 0.0961 e. The van der Waals surface area contributed by atoms with Gasteiger partial charge in [-0.25, -0.2) is 0 Å². The largest absolute Gasteiger partial charge is 0.387 e. The first-order chi connectivity index (χ1) is 8.15. The van der Waals surface area contributed by atoms with Crippen molar-refractivity contribution in [3.8, 4) is 0 Å². The number of hydrogen-bond donors (Lipinski definition) is 2. The molecule has 1 aromatic heterocycles. The quantitative estimate of drug-likeness (QED) is 0.881. The fourth-order valence-corrected chi connectivity index (χ4v) is 2.07. The Morgan fingerprint density at radius 1 is 1.41 bits per heavy atom. The van der Waals surface area contributed by atoms with Crippen LogP contribution in [0.4, 0.5) is 0 Å². The van der Waals surface area contributed by atoms with Gasteiger partial charge in [-0.1, -0.05) is 24.6 Å². The van der Waals surface area contributed by atoms with E-state index in [1.807, 2.05) is 19.1 Å². The SMILES string of the molecule is CCC(N)C(O)c1ccc(Cl)c2cccnc12. The average molecular weight is 251 g/mol. The van der Waals surface area contributed by atoms with Crippen molar-refractivity contribution in [1.29, 1.82) is 0 Å². The third-order valence-corrected chi connectivity index (χ3v) is 3.27. The second-order valence-corrected chi connectivity index (χ2v) is 4.46. The lowest BCUT2D eigenvalue weighted by atomic mass is 9.98. The minimum absolute atomic E-state index is 0.290. The van der Waals surface area contributed by atoms with E-state index in [2.05, 4.69) is 4.98 Å². The Morgan fingerprint density at radius 3 is 2.88 bits per heavy atom.